The van der Waals surface area contributed by atoms with Crippen molar-refractivity contribution in [3.05, 3.63) is 0 Å². The number of hydrogen-bond donors (Lipinski definition) is 0. The summed E-state index contributed by atoms with van der Waals surface area (Å²) in [6.45, 7) is 2.06. The normalized spacial score (nSPS) is 23.5. The molecule has 0 bridgehead atoms. The van der Waals surface area contributed by atoms with E-state index in [2.05, 4.69) is 6.92 Å². The van der Waals surface area contributed by atoms with Crippen molar-refractivity contribution in [2.45, 2.75) is 58.0 Å². The average molecular weight is 158 g/mol. The van der Waals surface area contributed by atoms with Crippen LogP contribution in [0.15, 0.2) is 0 Å². The van der Waals surface area contributed by atoms with Crippen LogP contribution < -0.4 is 0 Å². The zero-order valence-electron chi connectivity index (χ0n) is 7.48. The van der Waals surface area contributed by atoms with Crippen molar-refractivity contribution in [3.8, 4) is 0 Å². The van der Waals surface area contributed by atoms with E-state index in [-0.39, 0.29) is 0 Å². The molecule has 0 amide bonds. The van der Waals surface area contributed by atoms with Crippen LogP contribution in [0.3, 0.4) is 0 Å². The van der Waals surface area contributed by atoms with Gasteiger partial charge in [0.25, 0.3) is 0 Å². The van der Waals surface area contributed by atoms with Gasteiger partial charge in [0.2, 0.25) is 0 Å². The first kappa shape index (κ1) is 9.02. The highest BCUT2D eigenvalue weighted by Crippen LogP contribution is 2.29. The minimum atomic E-state index is -0.500. The van der Waals surface area contributed by atoms with Gasteiger partial charge < -0.3 is 0 Å². The Hall–Kier alpha value is -0.0700. The van der Waals surface area contributed by atoms with Gasteiger partial charge in [0.05, 0.1) is 0 Å². The molecule has 1 heteroatoms. The third-order valence-corrected chi connectivity index (χ3v) is 2.73. The van der Waals surface area contributed by atoms with Crippen molar-refractivity contribution in [1.82, 2.24) is 0 Å². The fraction of sp³-hybridized carbons (Fsp3) is 1.00. The highest BCUT2D eigenvalue weighted by atomic mass is 19.1. The predicted octanol–water partition coefficient (Wildman–Crippen LogP) is 3.70. The first-order valence-electron chi connectivity index (χ1n) is 4.98. The van der Waals surface area contributed by atoms with Gasteiger partial charge in [-0.05, 0) is 25.2 Å². The van der Waals surface area contributed by atoms with Gasteiger partial charge in [-0.2, -0.15) is 0 Å². The van der Waals surface area contributed by atoms with Crippen LogP contribution in [0.4, 0.5) is 4.39 Å². The second-order valence-corrected chi connectivity index (χ2v) is 3.70. The van der Waals surface area contributed by atoms with Gasteiger partial charge in [-0.1, -0.05) is 32.6 Å². The fourth-order valence-corrected chi connectivity index (χ4v) is 2.01. The molecule has 1 unspecified atom stereocenters. The molecule has 0 aromatic rings. The summed E-state index contributed by atoms with van der Waals surface area (Å²) >= 11 is 0. The Labute approximate surface area is 69.2 Å². The highest BCUT2D eigenvalue weighted by Gasteiger charge is 2.21. The Morgan fingerprint density at radius 3 is 2.45 bits per heavy atom. The van der Waals surface area contributed by atoms with Gasteiger partial charge >= 0.3 is 0 Å². The molecule has 0 radical (unpaired) electrons. The molecule has 0 N–H and O–H groups in total. The second-order valence-electron chi connectivity index (χ2n) is 3.70. The summed E-state index contributed by atoms with van der Waals surface area (Å²) in [5.74, 6) is 0.406. The molecule has 66 valence electrons. The Morgan fingerprint density at radius 2 is 1.91 bits per heavy atom. The molecule has 1 fully saturated rings. The molecule has 11 heavy (non-hydrogen) atoms. The maximum absolute atomic E-state index is 13.3. The van der Waals surface area contributed by atoms with Crippen LogP contribution in [-0.2, 0) is 0 Å². The molecule has 0 heterocycles. The summed E-state index contributed by atoms with van der Waals surface area (Å²) < 4.78 is 13.3. The Kier molecular flexibility index (Phi) is 3.88. The van der Waals surface area contributed by atoms with E-state index in [1.54, 1.807) is 0 Å². The van der Waals surface area contributed by atoms with Crippen LogP contribution in [0.5, 0.6) is 0 Å². The summed E-state index contributed by atoms with van der Waals surface area (Å²) in [5.41, 5.74) is 0. The van der Waals surface area contributed by atoms with Crippen LogP contribution >= 0.6 is 0 Å². The van der Waals surface area contributed by atoms with Gasteiger partial charge in [0.15, 0.2) is 0 Å². The molecule has 1 rings (SSSR count). The van der Waals surface area contributed by atoms with E-state index in [1.807, 2.05) is 0 Å². The van der Waals surface area contributed by atoms with Gasteiger partial charge in [-0.25, -0.2) is 4.39 Å². The van der Waals surface area contributed by atoms with Crippen LogP contribution in [0.2, 0.25) is 0 Å². The minimum Gasteiger partial charge on any atom is -0.247 e. The lowest BCUT2D eigenvalue weighted by atomic mass is 9.84. The lowest BCUT2D eigenvalue weighted by Gasteiger charge is -2.24. The number of halogens is 1. The van der Waals surface area contributed by atoms with E-state index in [9.17, 15) is 4.39 Å². The largest absolute Gasteiger partial charge is 0.247 e. The zero-order chi connectivity index (χ0) is 8.10. The Bertz CT molecular complexity index is 95.0. The second kappa shape index (κ2) is 4.74. The molecule has 1 saturated carbocycles. The summed E-state index contributed by atoms with van der Waals surface area (Å²) in [6.07, 6.45) is 7.41. The maximum atomic E-state index is 13.3. The van der Waals surface area contributed by atoms with E-state index in [0.717, 1.165) is 25.7 Å². The summed E-state index contributed by atoms with van der Waals surface area (Å²) in [5, 5.41) is 0. The van der Waals surface area contributed by atoms with Gasteiger partial charge in [0, 0.05) is 0 Å². The molecule has 0 nitrogen and oxygen atoms in total. The molecule has 1 aliphatic rings. The standard InChI is InChI=1S/C10H19F/c1-2-6-10(11)9-7-4-3-5-8-9/h9-10H,2-8H2,1H3. The summed E-state index contributed by atoms with van der Waals surface area (Å²) in [7, 11) is 0. The number of alkyl halides is 1. The lowest BCUT2D eigenvalue weighted by Crippen LogP contribution is -2.18. The Morgan fingerprint density at radius 1 is 1.27 bits per heavy atom. The van der Waals surface area contributed by atoms with E-state index < -0.39 is 6.17 Å². The van der Waals surface area contributed by atoms with Crippen molar-refractivity contribution in [2.75, 3.05) is 0 Å². The first-order chi connectivity index (χ1) is 5.34. The van der Waals surface area contributed by atoms with Crippen LogP contribution in [0, 0.1) is 5.92 Å². The van der Waals surface area contributed by atoms with Crippen molar-refractivity contribution >= 4 is 0 Å². The van der Waals surface area contributed by atoms with E-state index >= 15 is 0 Å². The predicted molar refractivity (Wildman–Crippen MR) is 46.4 cm³/mol. The monoisotopic (exact) mass is 158 g/mol. The van der Waals surface area contributed by atoms with Gasteiger partial charge in [-0.3, -0.25) is 0 Å². The number of hydrogen-bond acceptors (Lipinski definition) is 0. The Balaban J connectivity index is 2.21. The molecule has 1 aliphatic carbocycles. The van der Waals surface area contributed by atoms with Crippen molar-refractivity contribution in [1.29, 1.82) is 0 Å². The maximum Gasteiger partial charge on any atom is 0.103 e. The number of rotatable bonds is 3. The SMILES string of the molecule is CCCC(F)C1CCCCC1. The molecule has 1 atom stereocenters. The van der Waals surface area contributed by atoms with Crippen LogP contribution in [0.1, 0.15) is 51.9 Å². The smallest absolute Gasteiger partial charge is 0.103 e. The highest BCUT2D eigenvalue weighted by molar-refractivity contribution is 4.72. The van der Waals surface area contributed by atoms with E-state index in [1.165, 1.54) is 19.3 Å². The molecule has 0 aliphatic heterocycles. The average Bonchev–Trinajstić information content (AvgIpc) is 2.07. The molecule has 0 aromatic carbocycles. The quantitative estimate of drug-likeness (QED) is 0.587. The van der Waals surface area contributed by atoms with E-state index in [4.69, 9.17) is 0 Å². The zero-order valence-corrected chi connectivity index (χ0v) is 7.48. The topological polar surface area (TPSA) is 0 Å². The van der Waals surface area contributed by atoms with Crippen molar-refractivity contribution in [3.63, 3.8) is 0 Å². The molecular weight excluding hydrogens is 139 g/mol. The van der Waals surface area contributed by atoms with Crippen LogP contribution in [0.25, 0.3) is 0 Å². The summed E-state index contributed by atoms with van der Waals surface area (Å²) in [6, 6.07) is 0. The third kappa shape index (κ3) is 2.80. The molecule has 0 aromatic heterocycles. The molecule has 0 spiro atoms. The van der Waals surface area contributed by atoms with Crippen molar-refractivity contribution in [2.24, 2.45) is 5.92 Å². The summed E-state index contributed by atoms with van der Waals surface area (Å²) in [4.78, 5) is 0. The van der Waals surface area contributed by atoms with Crippen molar-refractivity contribution < 1.29 is 4.39 Å². The fourth-order valence-electron chi connectivity index (χ4n) is 2.01. The van der Waals surface area contributed by atoms with Crippen LogP contribution in [-0.4, -0.2) is 6.17 Å². The first-order valence-corrected chi connectivity index (χ1v) is 4.98. The lowest BCUT2D eigenvalue weighted by molar-refractivity contribution is 0.170. The van der Waals surface area contributed by atoms with Gasteiger partial charge in [-0.15, -0.1) is 0 Å². The molecule has 0 saturated heterocycles. The van der Waals surface area contributed by atoms with E-state index in [0.29, 0.717) is 5.92 Å². The third-order valence-electron chi connectivity index (χ3n) is 2.73. The minimum absolute atomic E-state index is 0.406. The molecular formula is C10H19F. The van der Waals surface area contributed by atoms with Gasteiger partial charge in [0.1, 0.15) is 6.17 Å².